The van der Waals surface area contributed by atoms with Crippen LogP contribution in [0.3, 0.4) is 0 Å². The van der Waals surface area contributed by atoms with Gasteiger partial charge in [0.1, 0.15) is 10.2 Å². The Balaban J connectivity index is 0.000000160. The molecule has 6 heteroatoms. The van der Waals surface area contributed by atoms with Gasteiger partial charge in [-0.25, -0.2) is 4.39 Å². The number of alkyl halides is 2. The Kier molecular flexibility index (Phi) is 4.42. The van der Waals surface area contributed by atoms with E-state index >= 15 is 0 Å². The summed E-state index contributed by atoms with van der Waals surface area (Å²) in [5, 5.41) is 8.39. The molecule has 0 amide bonds. The van der Waals surface area contributed by atoms with E-state index in [1.165, 1.54) is 12.1 Å². The Hall–Kier alpha value is -0.510. The predicted octanol–water partition coefficient (Wildman–Crippen LogP) is 3.74. The van der Waals surface area contributed by atoms with E-state index in [-0.39, 0.29) is 10.8 Å². The van der Waals surface area contributed by atoms with Gasteiger partial charge in [0.15, 0.2) is 0 Å². The minimum Gasteiger partial charge on any atom is -0.481 e. The highest BCUT2D eigenvalue weighted by Crippen LogP contribution is 2.53. The van der Waals surface area contributed by atoms with Crippen LogP contribution in [0.5, 0.6) is 0 Å². The maximum absolute atomic E-state index is 12.2. The summed E-state index contributed by atoms with van der Waals surface area (Å²) in [6.45, 7) is 0. The van der Waals surface area contributed by atoms with Crippen LogP contribution in [-0.2, 0) is 4.79 Å². The number of carboxylic acids is 1. The van der Waals surface area contributed by atoms with Crippen molar-refractivity contribution in [2.75, 3.05) is 0 Å². The first-order valence-electron chi connectivity index (χ1n) is 4.35. The standard InChI is InChI=1S/C6H4ClF.C4H4Cl2O2/c7-5-3-1-2-4-6(5)8;5-4(6)1-2(4)3(7)8/h1-4H;2H,1H2,(H,7,8). The molecular weight excluding hydrogens is 277 g/mol. The third-order valence-electron chi connectivity index (χ3n) is 1.95. The van der Waals surface area contributed by atoms with E-state index in [2.05, 4.69) is 0 Å². The van der Waals surface area contributed by atoms with Crippen molar-refractivity contribution >= 4 is 40.8 Å². The summed E-state index contributed by atoms with van der Waals surface area (Å²) >= 11 is 16.1. The minimum atomic E-state index is -0.966. The van der Waals surface area contributed by atoms with Crippen LogP contribution in [0.1, 0.15) is 6.42 Å². The number of aliphatic carboxylic acids is 1. The van der Waals surface area contributed by atoms with E-state index in [1.807, 2.05) is 0 Å². The molecule has 1 aromatic carbocycles. The van der Waals surface area contributed by atoms with Crippen molar-refractivity contribution < 1.29 is 14.3 Å². The van der Waals surface area contributed by atoms with E-state index < -0.39 is 16.2 Å². The molecule has 0 aliphatic heterocycles. The second kappa shape index (κ2) is 5.21. The number of rotatable bonds is 1. The van der Waals surface area contributed by atoms with Crippen molar-refractivity contribution in [3.05, 3.63) is 35.1 Å². The fourth-order valence-electron chi connectivity index (χ4n) is 0.920. The molecule has 0 heterocycles. The smallest absolute Gasteiger partial charge is 0.309 e. The first-order chi connectivity index (χ1) is 7.34. The maximum atomic E-state index is 12.2. The van der Waals surface area contributed by atoms with Crippen molar-refractivity contribution in [3.8, 4) is 0 Å². The summed E-state index contributed by atoms with van der Waals surface area (Å²) in [6, 6.07) is 6.12. The second-order valence-corrected chi connectivity index (χ2v) is 5.22. The molecule has 1 unspecified atom stereocenters. The van der Waals surface area contributed by atoms with Crippen molar-refractivity contribution in [1.29, 1.82) is 0 Å². The molecule has 2 nitrogen and oxygen atoms in total. The Bertz CT molecular complexity index is 374. The number of halogens is 4. The van der Waals surface area contributed by atoms with Crippen LogP contribution in [0, 0.1) is 11.7 Å². The Labute approximate surface area is 107 Å². The zero-order valence-corrected chi connectivity index (χ0v) is 10.2. The first kappa shape index (κ1) is 13.6. The summed E-state index contributed by atoms with van der Waals surface area (Å²) in [5.74, 6) is -1.81. The molecule has 0 spiro atoms. The van der Waals surface area contributed by atoms with Crippen molar-refractivity contribution in [2.24, 2.45) is 5.92 Å². The third kappa shape index (κ3) is 3.81. The second-order valence-electron chi connectivity index (χ2n) is 3.27. The van der Waals surface area contributed by atoms with Crippen LogP contribution in [0.2, 0.25) is 5.02 Å². The molecule has 1 aromatic rings. The molecule has 0 aromatic heterocycles. The van der Waals surface area contributed by atoms with Crippen molar-refractivity contribution in [1.82, 2.24) is 0 Å². The van der Waals surface area contributed by atoms with Crippen LogP contribution in [0.25, 0.3) is 0 Å². The zero-order chi connectivity index (χ0) is 12.3. The molecule has 0 bridgehead atoms. The number of carbonyl (C=O) groups is 1. The number of hydrogen-bond acceptors (Lipinski definition) is 1. The van der Waals surface area contributed by atoms with Gasteiger partial charge in [0.05, 0.1) is 10.9 Å². The van der Waals surface area contributed by atoms with E-state index in [9.17, 15) is 9.18 Å². The topological polar surface area (TPSA) is 37.3 Å². The molecule has 1 aliphatic carbocycles. The van der Waals surface area contributed by atoms with Crippen LogP contribution < -0.4 is 0 Å². The summed E-state index contributed by atoms with van der Waals surface area (Å²) in [4.78, 5) is 10.0. The summed E-state index contributed by atoms with van der Waals surface area (Å²) < 4.78 is 11.2. The van der Waals surface area contributed by atoms with Gasteiger partial charge in [-0.1, -0.05) is 23.7 Å². The number of hydrogen-bond donors (Lipinski definition) is 1. The van der Waals surface area contributed by atoms with Crippen molar-refractivity contribution in [2.45, 2.75) is 10.8 Å². The molecule has 16 heavy (non-hydrogen) atoms. The molecule has 2 rings (SSSR count). The summed E-state index contributed by atoms with van der Waals surface area (Å²) in [7, 11) is 0. The first-order valence-corrected chi connectivity index (χ1v) is 5.48. The van der Waals surface area contributed by atoms with Gasteiger partial charge in [-0.3, -0.25) is 4.79 Å². The van der Waals surface area contributed by atoms with Crippen LogP contribution in [0.4, 0.5) is 4.39 Å². The molecule has 88 valence electrons. The Morgan fingerprint density at radius 1 is 1.44 bits per heavy atom. The average molecular weight is 286 g/mol. The summed E-state index contributed by atoms with van der Waals surface area (Å²) in [5.41, 5.74) is 0. The molecule has 1 fully saturated rings. The lowest BCUT2D eigenvalue weighted by Gasteiger charge is -1.88. The highest BCUT2D eigenvalue weighted by Gasteiger charge is 2.56. The Morgan fingerprint density at radius 2 is 1.94 bits per heavy atom. The molecular formula is C10H8Cl3FO2. The molecule has 1 atom stereocenters. The molecule has 1 saturated carbocycles. The average Bonchev–Trinajstić information content (AvgIpc) is 2.82. The van der Waals surface area contributed by atoms with Gasteiger partial charge < -0.3 is 5.11 Å². The van der Waals surface area contributed by atoms with Gasteiger partial charge >= 0.3 is 5.97 Å². The van der Waals surface area contributed by atoms with E-state index in [0.29, 0.717) is 6.42 Å². The molecule has 1 N–H and O–H groups in total. The predicted molar refractivity (Wildman–Crippen MR) is 61.6 cm³/mol. The van der Waals surface area contributed by atoms with Gasteiger partial charge in [-0.05, 0) is 18.6 Å². The van der Waals surface area contributed by atoms with Gasteiger partial charge in [0, 0.05) is 0 Å². The summed E-state index contributed by atoms with van der Waals surface area (Å²) in [6.07, 6.45) is 0.380. The highest BCUT2D eigenvalue weighted by atomic mass is 35.5. The minimum absolute atomic E-state index is 0.174. The monoisotopic (exact) mass is 284 g/mol. The van der Waals surface area contributed by atoms with E-state index in [0.717, 1.165) is 0 Å². The highest BCUT2D eigenvalue weighted by molar-refractivity contribution is 6.52. The Morgan fingerprint density at radius 3 is 2.12 bits per heavy atom. The molecule has 1 aliphatic rings. The van der Waals surface area contributed by atoms with Gasteiger partial charge in [-0.15, -0.1) is 23.2 Å². The zero-order valence-electron chi connectivity index (χ0n) is 7.96. The van der Waals surface area contributed by atoms with E-state index in [4.69, 9.17) is 39.9 Å². The number of benzene rings is 1. The number of carboxylic acid groups (broad SMARTS) is 1. The third-order valence-corrected chi connectivity index (χ3v) is 3.09. The molecule has 0 radical (unpaired) electrons. The van der Waals surface area contributed by atoms with Crippen LogP contribution in [-0.4, -0.2) is 15.4 Å². The lowest BCUT2D eigenvalue weighted by atomic mass is 10.4. The van der Waals surface area contributed by atoms with Crippen LogP contribution >= 0.6 is 34.8 Å². The van der Waals surface area contributed by atoms with Gasteiger partial charge in [-0.2, -0.15) is 0 Å². The maximum Gasteiger partial charge on any atom is 0.309 e. The SMILES string of the molecule is Fc1ccccc1Cl.O=C(O)C1CC1(Cl)Cl. The molecule has 0 saturated heterocycles. The lowest BCUT2D eigenvalue weighted by molar-refractivity contribution is -0.138. The normalized spacial score (nSPS) is 20.6. The fraction of sp³-hybridized carbons (Fsp3) is 0.300. The lowest BCUT2D eigenvalue weighted by Crippen LogP contribution is -2.03. The van der Waals surface area contributed by atoms with E-state index in [1.54, 1.807) is 12.1 Å². The van der Waals surface area contributed by atoms with Crippen LogP contribution in [0.15, 0.2) is 24.3 Å². The quantitative estimate of drug-likeness (QED) is 0.798. The largest absolute Gasteiger partial charge is 0.481 e. The van der Waals surface area contributed by atoms with Gasteiger partial charge in [0.25, 0.3) is 0 Å². The van der Waals surface area contributed by atoms with Crippen molar-refractivity contribution in [3.63, 3.8) is 0 Å². The fourth-order valence-corrected chi connectivity index (χ4v) is 1.55. The van der Waals surface area contributed by atoms with Gasteiger partial charge in [0.2, 0.25) is 0 Å².